The van der Waals surface area contributed by atoms with Gasteiger partial charge in [0.1, 0.15) is 0 Å². The van der Waals surface area contributed by atoms with Gasteiger partial charge in [0, 0.05) is 16.8 Å². The third-order valence-corrected chi connectivity index (χ3v) is 3.03. The predicted octanol–water partition coefficient (Wildman–Crippen LogP) is 3.28. The number of carbonyl (C=O) groups excluding carboxylic acids is 1. The number of aromatic nitrogens is 1. The number of H-pyrrole nitrogens is 1. The van der Waals surface area contributed by atoms with Gasteiger partial charge in [-0.25, -0.2) is 0 Å². The molecule has 0 aliphatic heterocycles. The zero-order chi connectivity index (χ0) is 10.7. The fraction of sp³-hybridized carbons (Fsp3) is 0.0833. The van der Waals surface area contributed by atoms with Gasteiger partial charge in [-0.2, -0.15) is 0 Å². The highest BCUT2D eigenvalue weighted by Crippen LogP contribution is 2.16. The van der Waals surface area contributed by atoms with Crippen LogP contribution in [-0.2, 0) is 0 Å². The molecule has 2 aromatic rings. The number of aryl methyl sites for hydroxylation is 1. The maximum Gasteiger partial charge on any atom is 0.195 e. The molecule has 3 heteroatoms. The molecule has 2 heterocycles. The zero-order valence-corrected chi connectivity index (χ0v) is 9.17. The Hall–Kier alpha value is -1.61. The second kappa shape index (κ2) is 4.28. The number of ketones is 1. The topological polar surface area (TPSA) is 32.9 Å². The number of rotatable bonds is 3. The van der Waals surface area contributed by atoms with Gasteiger partial charge in [-0.3, -0.25) is 4.79 Å². The first-order chi connectivity index (χ1) is 7.25. The summed E-state index contributed by atoms with van der Waals surface area (Å²) in [7, 11) is 0. The lowest BCUT2D eigenvalue weighted by atomic mass is 10.2. The van der Waals surface area contributed by atoms with Gasteiger partial charge in [-0.1, -0.05) is 0 Å². The van der Waals surface area contributed by atoms with Crippen LogP contribution in [0.4, 0.5) is 0 Å². The van der Waals surface area contributed by atoms with Gasteiger partial charge in [0.15, 0.2) is 5.78 Å². The molecule has 0 aromatic carbocycles. The van der Waals surface area contributed by atoms with Crippen LogP contribution in [0.3, 0.4) is 0 Å². The van der Waals surface area contributed by atoms with Gasteiger partial charge in [0.05, 0.1) is 4.88 Å². The second-order valence-electron chi connectivity index (χ2n) is 3.23. The maximum absolute atomic E-state index is 11.7. The van der Waals surface area contributed by atoms with Crippen LogP contribution < -0.4 is 0 Å². The van der Waals surface area contributed by atoms with E-state index in [0.29, 0.717) is 0 Å². The molecule has 2 aromatic heterocycles. The normalized spacial score (nSPS) is 11.0. The summed E-state index contributed by atoms with van der Waals surface area (Å²) >= 11 is 1.52. The summed E-state index contributed by atoms with van der Waals surface area (Å²) in [5.41, 5.74) is 0.941. The van der Waals surface area contributed by atoms with Crippen molar-refractivity contribution in [3.05, 3.63) is 52.0 Å². The van der Waals surface area contributed by atoms with Gasteiger partial charge in [0.25, 0.3) is 0 Å². The van der Waals surface area contributed by atoms with Crippen LogP contribution in [-0.4, -0.2) is 10.8 Å². The molecular weight excluding hydrogens is 206 g/mol. The highest BCUT2D eigenvalue weighted by molar-refractivity contribution is 7.14. The Morgan fingerprint density at radius 3 is 2.87 bits per heavy atom. The molecule has 0 atom stereocenters. The van der Waals surface area contributed by atoms with Crippen molar-refractivity contribution in [1.82, 2.24) is 4.98 Å². The molecular formula is C12H11NOS. The van der Waals surface area contributed by atoms with Crippen LogP contribution in [0.25, 0.3) is 6.08 Å². The van der Waals surface area contributed by atoms with Crippen molar-refractivity contribution in [3.63, 3.8) is 0 Å². The minimum atomic E-state index is 0.0581. The molecule has 0 unspecified atom stereocenters. The van der Waals surface area contributed by atoms with Crippen molar-refractivity contribution >= 4 is 23.2 Å². The van der Waals surface area contributed by atoms with E-state index in [1.54, 1.807) is 12.2 Å². The summed E-state index contributed by atoms with van der Waals surface area (Å²) in [6, 6.07) is 7.64. The molecule has 1 N–H and O–H groups in total. The third kappa shape index (κ3) is 2.44. The fourth-order valence-corrected chi connectivity index (χ4v) is 2.05. The quantitative estimate of drug-likeness (QED) is 0.621. The Kier molecular flexibility index (Phi) is 2.83. The number of thiophene rings is 1. The van der Waals surface area contributed by atoms with Crippen LogP contribution in [0, 0.1) is 6.92 Å². The highest BCUT2D eigenvalue weighted by Gasteiger charge is 2.03. The molecule has 76 valence electrons. The van der Waals surface area contributed by atoms with E-state index in [0.717, 1.165) is 15.4 Å². The van der Waals surface area contributed by atoms with E-state index in [-0.39, 0.29) is 5.78 Å². The van der Waals surface area contributed by atoms with Crippen molar-refractivity contribution in [2.24, 2.45) is 0 Å². The number of hydrogen-bond acceptors (Lipinski definition) is 2. The number of hydrogen-bond donors (Lipinski definition) is 1. The Morgan fingerprint density at radius 2 is 2.27 bits per heavy atom. The van der Waals surface area contributed by atoms with Gasteiger partial charge in [0.2, 0.25) is 0 Å². The summed E-state index contributed by atoms with van der Waals surface area (Å²) < 4.78 is 0. The zero-order valence-electron chi connectivity index (χ0n) is 8.36. The van der Waals surface area contributed by atoms with Crippen molar-refractivity contribution in [2.45, 2.75) is 6.92 Å². The molecule has 0 amide bonds. The van der Waals surface area contributed by atoms with Crippen molar-refractivity contribution < 1.29 is 4.79 Å². The van der Waals surface area contributed by atoms with Gasteiger partial charge in [-0.05, 0) is 43.3 Å². The lowest BCUT2D eigenvalue weighted by Crippen LogP contribution is -1.88. The Bertz CT molecular complexity index is 479. The van der Waals surface area contributed by atoms with E-state index in [1.165, 1.54) is 11.3 Å². The van der Waals surface area contributed by atoms with E-state index < -0.39 is 0 Å². The number of nitrogens with one attached hydrogen (secondary N) is 1. The highest BCUT2D eigenvalue weighted by atomic mass is 32.1. The van der Waals surface area contributed by atoms with Crippen molar-refractivity contribution in [1.29, 1.82) is 0 Å². The van der Waals surface area contributed by atoms with Crippen molar-refractivity contribution in [2.75, 3.05) is 0 Å². The molecule has 0 radical (unpaired) electrons. The minimum Gasteiger partial charge on any atom is -0.362 e. The molecule has 15 heavy (non-hydrogen) atoms. The van der Waals surface area contributed by atoms with Gasteiger partial charge >= 0.3 is 0 Å². The second-order valence-corrected chi connectivity index (χ2v) is 4.52. The summed E-state index contributed by atoms with van der Waals surface area (Å²) in [5.74, 6) is 0.0581. The average Bonchev–Trinajstić information content (AvgIpc) is 2.84. The summed E-state index contributed by atoms with van der Waals surface area (Å²) in [6.07, 6.45) is 5.22. The lowest BCUT2D eigenvalue weighted by Gasteiger charge is -1.88. The molecule has 0 bridgehead atoms. The number of allylic oxidation sites excluding steroid dienone is 1. The summed E-state index contributed by atoms with van der Waals surface area (Å²) in [6.45, 7) is 2.00. The Labute approximate surface area is 92.3 Å². The summed E-state index contributed by atoms with van der Waals surface area (Å²) in [4.78, 5) is 16.6. The summed E-state index contributed by atoms with van der Waals surface area (Å²) in [5, 5.41) is 0. The first kappa shape index (κ1) is 9.93. The molecule has 0 aliphatic carbocycles. The monoisotopic (exact) mass is 217 g/mol. The lowest BCUT2D eigenvalue weighted by molar-refractivity contribution is 0.105. The van der Waals surface area contributed by atoms with Crippen LogP contribution in [0.15, 0.2) is 36.5 Å². The molecule has 0 saturated heterocycles. The largest absolute Gasteiger partial charge is 0.362 e. The number of carbonyl (C=O) groups is 1. The van der Waals surface area contributed by atoms with Crippen LogP contribution >= 0.6 is 11.3 Å². The minimum absolute atomic E-state index is 0.0581. The van der Waals surface area contributed by atoms with Crippen molar-refractivity contribution in [3.8, 4) is 0 Å². The van der Waals surface area contributed by atoms with Crippen LogP contribution in [0.1, 0.15) is 20.2 Å². The maximum atomic E-state index is 11.7. The molecule has 0 aliphatic rings. The Balaban J connectivity index is 2.10. The molecule has 0 fully saturated rings. The first-order valence-electron chi connectivity index (χ1n) is 4.68. The molecule has 0 spiro atoms. The molecule has 2 nitrogen and oxygen atoms in total. The van der Waals surface area contributed by atoms with Gasteiger partial charge in [-0.15, -0.1) is 11.3 Å². The Morgan fingerprint density at radius 1 is 1.40 bits per heavy atom. The van der Waals surface area contributed by atoms with Gasteiger partial charge < -0.3 is 4.98 Å². The van der Waals surface area contributed by atoms with E-state index >= 15 is 0 Å². The smallest absolute Gasteiger partial charge is 0.195 e. The number of aromatic amines is 1. The average molecular weight is 217 g/mol. The SMILES string of the molecule is Cc1ccc(C(=O)/C=C/c2ccc[nH]2)s1. The molecule has 2 rings (SSSR count). The first-order valence-corrected chi connectivity index (χ1v) is 5.49. The van der Waals surface area contributed by atoms with E-state index in [1.807, 2.05) is 37.4 Å². The predicted molar refractivity (Wildman–Crippen MR) is 63.2 cm³/mol. The fourth-order valence-electron chi connectivity index (χ4n) is 1.26. The standard InChI is InChI=1S/C12H11NOS/c1-9-4-7-12(15-9)11(14)6-5-10-3-2-8-13-10/h2-8,13H,1H3/b6-5+. The third-order valence-electron chi connectivity index (χ3n) is 2.02. The van der Waals surface area contributed by atoms with Crippen LogP contribution in [0.2, 0.25) is 0 Å². The van der Waals surface area contributed by atoms with E-state index in [4.69, 9.17) is 0 Å². The van der Waals surface area contributed by atoms with Crippen LogP contribution in [0.5, 0.6) is 0 Å². The molecule has 0 saturated carbocycles. The van der Waals surface area contributed by atoms with E-state index in [2.05, 4.69) is 4.98 Å². The van der Waals surface area contributed by atoms with E-state index in [9.17, 15) is 4.79 Å².